The van der Waals surface area contributed by atoms with E-state index in [9.17, 15) is 9.59 Å². The van der Waals surface area contributed by atoms with Gasteiger partial charge in [-0.3, -0.25) is 9.59 Å². The summed E-state index contributed by atoms with van der Waals surface area (Å²) in [6.45, 7) is 5.20. The number of carbonyl (C=O) groups is 1. The Kier molecular flexibility index (Phi) is 7.85. The Morgan fingerprint density at radius 1 is 0.969 bits per heavy atom. The highest BCUT2D eigenvalue weighted by Crippen LogP contribution is 2.28. The number of ether oxygens (including phenoxy) is 3. The summed E-state index contributed by atoms with van der Waals surface area (Å²) >= 11 is 0. The van der Waals surface area contributed by atoms with E-state index in [-0.39, 0.29) is 24.6 Å². The first-order chi connectivity index (χ1) is 15.5. The number of aromatic nitrogens is 2. The van der Waals surface area contributed by atoms with Crippen molar-refractivity contribution >= 4 is 5.91 Å². The van der Waals surface area contributed by atoms with Crippen molar-refractivity contribution < 1.29 is 19.0 Å². The molecule has 0 bridgehead atoms. The van der Waals surface area contributed by atoms with Gasteiger partial charge in [0.1, 0.15) is 5.75 Å². The lowest BCUT2D eigenvalue weighted by atomic mass is 10.1. The second-order valence-electron chi connectivity index (χ2n) is 6.79. The molecule has 0 saturated carbocycles. The Morgan fingerprint density at radius 3 is 2.38 bits per heavy atom. The molecular weight excluding hydrogens is 410 g/mol. The van der Waals surface area contributed by atoms with Gasteiger partial charge in [-0.1, -0.05) is 0 Å². The molecule has 32 heavy (non-hydrogen) atoms. The van der Waals surface area contributed by atoms with Crippen LogP contribution in [-0.4, -0.2) is 42.6 Å². The highest BCUT2D eigenvalue weighted by Gasteiger charge is 2.12. The van der Waals surface area contributed by atoms with Crippen molar-refractivity contribution in [2.45, 2.75) is 20.4 Å². The number of nitrogens with zero attached hydrogens (tertiary/aromatic N) is 2. The lowest BCUT2D eigenvalue weighted by Gasteiger charge is -2.13. The van der Waals surface area contributed by atoms with Crippen LogP contribution in [0.4, 0.5) is 0 Å². The first-order valence-corrected chi connectivity index (χ1v) is 10.5. The molecular formula is C24H27N3O5. The van der Waals surface area contributed by atoms with Crippen LogP contribution in [0, 0.1) is 0 Å². The van der Waals surface area contributed by atoms with Gasteiger partial charge in [0.05, 0.1) is 32.6 Å². The van der Waals surface area contributed by atoms with Crippen LogP contribution in [0.3, 0.4) is 0 Å². The van der Waals surface area contributed by atoms with Gasteiger partial charge < -0.3 is 19.5 Å². The molecule has 8 heteroatoms. The summed E-state index contributed by atoms with van der Waals surface area (Å²) in [4.78, 5) is 24.8. The topological polar surface area (TPSA) is 91.7 Å². The van der Waals surface area contributed by atoms with E-state index in [4.69, 9.17) is 14.2 Å². The maximum absolute atomic E-state index is 12.6. The van der Waals surface area contributed by atoms with Gasteiger partial charge in [0.2, 0.25) is 0 Å². The van der Waals surface area contributed by atoms with Crippen LogP contribution in [0.15, 0.2) is 59.4 Å². The molecule has 1 aromatic heterocycles. The van der Waals surface area contributed by atoms with Gasteiger partial charge in [-0.15, -0.1) is 0 Å². The van der Waals surface area contributed by atoms with Crippen molar-refractivity contribution in [3.8, 4) is 28.5 Å². The van der Waals surface area contributed by atoms with E-state index in [0.29, 0.717) is 36.0 Å². The molecule has 0 aliphatic heterocycles. The van der Waals surface area contributed by atoms with E-state index in [2.05, 4.69) is 10.4 Å². The molecule has 168 valence electrons. The van der Waals surface area contributed by atoms with E-state index in [1.54, 1.807) is 31.4 Å². The van der Waals surface area contributed by atoms with E-state index >= 15 is 0 Å². The van der Waals surface area contributed by atoms with Crippen LogP contribution < -0.4 is 25.1 Å². The predicted octanol–water partition coefficient (Wildman–Crippen LogP) is 3.15. The standard InChI is InChI=1S/C24H27N3O5/c1-4-31-21-12-8-18(16-22(21)32-5-2)24(29)25-14-15-27-23(28)13-11-20(26-27)17-6-9-19(30-3)10-7-17/h6-13,16H,4-5,14-15H2,1-3H3,(H,25,29). The lowest BCUT2D eigenvalue weighted by Crippen LogP contribution is -2.32. The number of hydrogen-bond acceptors (Lipinski definition) is 6. The smallest absolute Gasteiger partial charge is 0.266 e. The summed E-state index contributed by atoms with van der Waals surface area (Å²) in [6, 6.07) is 15.6. The molecule has 2 aromatic carbocycles. The molecule has 0 aliphatic carbocycles. The number of amides is 1. The van der Waals surface area contributed by atoms with Crippen molar-refractivity contribution in [1.82, 2.24) is 15.1 Å². The average Bonchev–Trinajstić information content (AvgIpc) is 2.81. The molecule has 8 nitrogen and oxygen atoms in total. The van der Waals surface area contributed by atoms with Crippen LogP contribution in [0.1, 0.15) is 24.2 Å². The molecule has 0 unspecified atom stereocenters. The monoisotopic (exact) mass is 437 g/mol. The summed E-state index contributed by atoms with van der Waals surface area (Å²) in [6.07, 6.45) is 0. The summed E-state index contributed by atoms with van der Waals surface area (Å²) in [5.41, 5.74) is 1.73. The number of carbonyl (C=O) groups excluding carboxylic acids is 1. The van der Waals surface area contributed by atoms with Gasteiger partial charge in [-0.2, -0.15) is 5.10 Å². The first kappa shape index (κ1) is 22.9. The van der Waals surface area contributed by atoms with Gasteiger partial charge in [0.15, 0.2) is 11.5 Å². The number of rotatable bonds is 10. The molecule has 1 N–H and O–H groups in total. The molecule has 0 aliphatic rings. The predicted molar refractivity (Wildman–Crippen MR) is 122 cm³/mol. The number of hydrogen-bond donors (Lipinski definition) is 1. The number of nitrogens with one attached hydrogen (secondary N) is 1. The number of benzene rings is 2. The second-order valence-corrected chi connectivity index (χ2v) is 6.79. The minimum Gasteiger partial charge on any atom is -0.497 e. The van der Waals surface area contributed by atoms with Crippen LogP contribution in [0.25, 0.3) is 11.3 Å². The molecule has 0 fully saturated rings. The van der Waals surface area contributed by atoms with Crippen LogP contribution in [0.2, 0.25) is 0 Å². The largest absolute Gasteiger partial charge is 0.497 e. The maximum Gasteiger partial charge on any atom is 0.266 e. The zero-order valence-corrected chi connectivity index (χ0v) is 18.5. The van der Waals surface area contributed by atoms with Crippen LogP contribution >= 0.6 is 0 Å². The molecule has 1 heterocycles. The molecule has 3 aromatic rings. The van der Waals surface area contributed by atoms with Gasteiger partial charge in [0.25, 0.3) is 11.5 Å². The fourth-order valence-electron chi connectivity index (χ4n) is 3.09. The van der Waals surface area contributed by atoms with E-state index < -0.39 is 0 Å². The Balaban J connectivity index is 1.66. The van der Waals surface area contributed by atoms with Crippen molar-refractivity contribution in [2.75, 3.05) is 26.9 Å². The molecule has 0 spiro atoms. The zero-order valence-electron chi connectivity index (χ0n) is 18.5. The Hall–Kier alpha value is -3.81. The molecule has 3 rings (SSSR count). The van der Waals surface area contributed by atoms with Gasteiger partial charge >= 0.3 is 0 Å². The fourth-order valence-corrected chi connectivity index (χ4v) is 3.09. The highest BCUT2D eigenvalue weighted by molar-refractivity contribution is 5.94. The third-order valence-electron chi connectivity index (χ3n) is 4.67. The summed E-state index contributed by atoms with van der Waals surface area (Å²) in [5, 5.41) is 7.23. The van der Waals surface area contributed by atoms with Crippen LogP contribution in [-0.2, 0) is 6.54 Å². The van der Waals surface area contributed by atoms with E-state index in [1.807, 2.05) is 38.1 Å². The summed E-state index contributed by atoms with van der Waals surface area (Å²) < 4.78 is 17.6. The highest BCUT2D eigenvalue weighted by atomic mass is 16.5. The van der Waals surface area contributed by atoms with Crippen molar-refractivity contribution in [3.05, 3.63) is 70.5 Å². The first-order valence-electron chi connectivity index (χ1n) is 10.5. The van der Waals surface area contributed by atoms with E-state index in [1.165, 1.54) is 10.7 Å². The Bertz CT molecular complexity index is 1110. The average molecular weight is 437 g/mol. The van der Waals surface area contributed by atoms with Gasteiger partial charge in [-0.25, -0.2) is 4.68 Å². The minimum absolute atomic E-state index is 0.240. The maximum atomic E-state index is 12.6. The fraction of sp³-hybridized carbons (Fsp3) is 0.292. The van der Waals surface area contributed by atoms with Crippen molar-refractivity contribution in [1.29, 1.82) is 0 Å². The third-order valence-corrected chi connectivity index (χ3v) is 4.67. The Morgan fingerprint density at radius 2 is 1.69 bits per heavy atom. The van der Waals surface area contributed by atoms with E-state index in [0.717, 1.165) is 11.3 Å². The SMILES string of the molecule is CCOc1ccc(C(=O)NCCn2nc(-c3ccc(OC)cc3)ccc2=O)cc1OCC. The summed E-state index contributed by atoms with van der Waals surface area (Å²) in [5.74, 6) is 1.59. The van der Waals surface area contributed by atoms with Gasteiger partial charge in [0, 0.05) is 23.7 Å². The Labute approximate surface area is 186 Å². The molecule has 0 saturated heterocycles. The second kappa shape index (κ2) is 11.0. The third kappa shape index (κ3) is 5.66. The minimum atomic E-state index is -0.270. The van der Waals surface area contributed by atoms with Crippen molar-refractivity contribution in [2.24, 2.45) is 0 Å². The van der Waals surface area contributed by atoms with Crippen molar-refractivity contribution in [3.63, 3.8) is 0 Å². The molecule has 1 amide bonds. The molecule has 0 atom stereocenters. The van der Waals surface area contributed by atoms with Gasteiger partial charge in [-0.05, 0) is 62.4 Å². The van der Waals surface area contributed by atoms with Crippen LogP contribution in [0.5, 0.6) is 17.2 Å². The molecule has 0 radical (unpaired) electrons. The summed E-state index contributed by atoms with van der Waals surface area (Å²) in [7, 11) is 1.60. The lowest BCUT2D eigenvalue weighted by molar-refractivity contribution is 0.0951. The zero-order chi connectivity index (χ0) is 22.9. The number of methoxy groups -OCH3 is 1. The quantitative estimate of drug-likeness (QED) is 0.524. The normalized spacial score (nSPS) is 10.5.